The molecule has 0 radical (unpaired) electrons. The van der Waals surface area contributed by atoms with E-state index in [1.54, 1.807) is 24.3 Å². The molecule has 2 aromatic carbocycles. The molecule has 0 saturated heterocycles. The fourth-order valence-electron chi connectivity index (χ4n) is 4.37. The predicted molar refractivity (Wildman–Crippen MR) is 125 cm³/mol. The van der Waals surface area contributed by atoms with Gasteiger partial charge in [-0.15, -0.1) is 0 Å². The summed E-state index contributed by atoms with van der Waals surface area (Å²) in [5.41, 5.74) is 7.52. The zero-order valence-corrected chi connectivity index (χ0v) is 20.1. The molecule has 1 unspecified atom stereocenters. The van der Waals surface area contributed by atoms with Crippen molar-refractivity contribution in [1.82, 2.24) is 14.5 Å². The van der Waals surface area contributed by atoms with E-state index >= 15 is 0 Å². The molecule has 198 valence electrons. The molecule has 3 aromatic rings. The number of hydrogen-bond acceptors (Lipinski definition) is 4. The van der Waals surface area contributed by atoms with E-state index in [9.17, 15) is 31.1 Å². The van der Waals surface area contributed by atoms with E-state index in [0.29, 0.717) is 17.7 Å². The van der Waals surface area contributed by atoms with Gasteiger partial charge in [-0.3, -0.25) is 4.79 Å². The second kappa shape index (κ2) is 10.1. The third-order valence-corrected chi connectivity index (χ3v) is 6.28. The molecule has 37 heavy (non-hydrogen) atoms. The van der Waals surface area contributed by atoms with Crippen LogP contribution in [0.25, 0.3) is 11.3 Å². The quantitative estimate of drug-likeness (QED) is 0.384. The van der Waals surface area contributed by atoms with Gasteiger partial charge in [0.2, 0.25) is 11.7 Å². The largest absolute Gasteiger partial charge is 0.449 e. The molecule has 0 fully saturated rings. The van der Waals surface area contributed by atoms with Gasteiger partial charge in [-0.25, -0.2) is 18.2 Å². The summed E-state index contributed by atoms with van der Waals surface area (Å²) < 4.78 is 82.9. The van der Waals surface area contributed by atoms with Crippen molar-refractivity contribution in [2.45, 2.75) is 38.1 Å². The summed E-state index contributed by atoms with van der Waals surface area (Å²) in [7, 11) is 3.68. The Hall–Kier alpha value is -3.54. The topological polar surface area (TPSA) is 67.4 Å². The zero-order chi connectivity index (χ0) is 27.1. The van der Waals surface area contributed by atoms with Crippen LogP contribution in [0.1, 0.15) is 23.5 Å². The van der Waals surface area contributed by atoms with Gasteiger partial charge in [0.25, 0.3) is 0 Å². The molecule has 2 heterocycles. The number of carbonyl (C=O) groups is 1. The first-order valence-corrected chi connectivity index (χ1v) is 11.5. The maximum Gasteiger partial charge on any atom is 0.449 e. The molecule has 6 nitrogen and oxygen atoms in total. The SMILES string of the molecule is CN(C)c1ccc(-c2nc(C(F)(F)F)n3c2CN(C(=O)CC(N)Cc2cc(F)c(F)cc2F)CC3)cc1. The Balaban J connectivity index is 1.55. The summed E-state index contributed by atoms with van der Waals surface area (Å²) >= 11 is 0. The monoisotopic (exact) mass is 525 g/mol. The van der Waals surface area contributed by atoms with Gasteiger partial charge in [0.05, 0.1) is 17.9 Å². The molecule has 1 aliphatic heterocycles. The van der Waals surface area contributed by atoms with Crippen LogP contribution in [-0.2, 0) is 30.5 Å². The Bertz CT molecular complexity index is 1300. The number of imidazole rings is 1. The summed E-state index contributed by atoms with van der Waals surface area (Å²) in [6, 6.07) is 7.06. The molecular weight excluding hydrogens is 500 g/mol. The van der Waals surface area contributed by atoms with Crippen LogP contribution >= 0.6 is 0 Å². The van der Waals surface area contributed by atoms with Crippen LogP contribution in [0.3, 0.4) is 0 Å². The molecule has 0 saturated carbocycles. The number of halogens is 6. The molecule has 1 aliphatic rings. The lowest BCUT2D eigenvalue weighted by atomic mass is 10.0. The van der Waals surface area contributed by atoms with Crippen LogP contribution in [0.5, 0.6) is 0 Å². The normalized spacial score (nSPS) is 14.5. The highest BCUT2D eigenvalue weighted by Crippen LogP contribution is 2.36. The molecule has 1 amide bonds. The minimum absolute atomic E-state index is 0.00343. The molecular formula is C25H25F6N5O. The van der Waals surface area contributed by atoms with Crippen LogP contribution < -0.4 is 10.6 Å². The number of hydrogen-bond donors (Lipinski definition) is 1. The molecule has 0 aliphatic carbocycles. The van der Waals surface area contributed by atoms with Gasteiger partial charge in [-0.1, -0.05) is 12.1 Å². The number of aromatic nitrogens is 2. The maximum absolute atomic E-state index is 14.0. The third kappa shape index (κ3) is 5.58. The van der Waals surface area contributed by atoms with E-state index in [2.05, 4.69) is 4.98 Å². The lowest BCUT2D eigenvalue weighted by molar-refractivity contribution is -0.148. The molecule has 2 N–H and O–H groups in total. The van der Waals surface area contributed by atoms with Crippen molar-refractivity contribution < 1.29 is 31.1 Å². The fourth-order valence-corrected chi connectivity index (χ4v) is 4.37. The summed E-state index contributed by atoms with van der Waals surface area (Å²) in [4.78, 5) is 20.1. The lowest BCUT2D eigenvalue weighted by Gasteiger charge is -2.30. The fraction of sp³-hybridized carbons (Fsp3) is 0.360. The smallest absolute Gasteiger partial charge is 0.378 e. The van der Waals surface area contributed by atoms with Crippen molar-refractivity contribution in [1.29, 1.82) is 0 Å². The Labute approximate surface area is 209 Å². The van der Waals surface area contributed by atoms with Gasteiger partial charge in [-0.05, 0) is 30.2 Å². The molecule has 12 heteroatoms. The number of rotatable bonds is 6. The van der Waals surface area contributed by atoms with Crippen molar-refractivity contribution in [3.8, 4) is 11.3 Å². The predicted octanol–water partition coefficient (Wildman–Crippen LogP) is 4.35. The van der Waals surface area contributed by atoms with E-state index < -0.39 is 41.4 Å². The van der Waals surface area contributed by atoms with E-state index in [0.717, 1.165) is 10.3 Å². The highest BCUT2D eigenvalue weighted by Gasteiger charge is 2.40. The number of alkyl halides is 3. The highest BCUT2D eigenvalue weighted by atomic mass is 19.4. The number of anilines is 1. The van der Waals surface area contributed by atoms with Gasteiger partial charge in [0.15, 0.2) is 11.6 Å². The number of nitrogens with two attached hydrogens (primary N) is 1. The van der Waals surface area contributed by atoms with Crippen LogP contribution in [-0.4, -0.2) is 47.0 Å². The standard InChI is InChI=1S/C25H25F6N5O/c1-34(2)17-5-3-14(4-6-17)23-21-13-35(7-8-36(21)24(33-23)25(29,30)31)22(37)11-16(32)9-15-10-19(27)20(28)12-18(15)26/h3-6,10,12,16H,7-9,11,13,32H2,1-2H3. The first kappa shape index (κ1) is 26.5. The van der Waals surface area contributed by atoms with Gasteiger partial charge in [-0.2, -0.15) is 13.2 Å². The van der Waals surface area contributed by atoms with Gasteiger partial charge in [0, 0.05) is 57.0 Å². The number of fused-ring (bicyclic) bond motifs is 1. The van der Waals surface area contributed by atoms with Gasteiger partial charge in [0.1, 0.15) is 5.82 Å². The first-order chi connectivity index (χ1) is 17.3. The summed E-state index contributed by atoms with van der Waals surface area (Å²) in [5.74, 6) is -5.03. The Morgan fingerprint density at radius 1 is 1.05 bits per heavy atom. The highest BCUT2D eigenvalue weighted by molar-refractivity contribution is 5.77. The van der Waals surface area contributed by atoms with E-state index in [-0.39, 0.29) is 49.4 Å². The van der Waals surface area contributed by atoms with Crippen LogP contribution in [0, 0.1) is 17.5 Å². The van der Waals surface area contributed by atoms with Gasteiger partial charge >= 0.3 is 6.18 Å². The second-order valence-corrected chi connectivity index (χ2v) is 9.16. The minimum Gasteiger partial charge on any atom is -0.378 e. The molecule has 0 spiro atoms. The average Bonchev–Trinajstić information content (AvgIpc) is 3.22. The van der Waals surface area contributed by atoms with Crippen molar-refractivity contribution in [3.63, 3.8) is 0 Å². The van der Waals surface area contributed by atoms with Crippen LogP contribution in [0.2, 0.25) is 0 Å². The molecule has 4 rings (SSSR count). The van der Waals surface area contributed by atoms with Crippen molar-refractivity contribution in [2.75, 3.05) is 25.5 Å². The number of benzene rings is 2. The Morgan fingerprint density at radius 2 is 1.70 bits per heavy atom. The minimum atomic E-state index is -4.68. The summed E-state index contributed by atoms with van der Waals surface area (Å²) in [6.07, 6.45) is -5.16. The Morgan fingerprint density at radius 3 is 2.32 bits per heavy atom. The van der Waals surface area contributed by atoms with E-state index in [1.807, 2.05) is 19.0 Å². The van der Waals surface area contributed by atoms with Crippen molar-refractivity contribution >= 4 is 11.6 Å². The zero-order valence-electron chi connectivity index (χ0n) is 20.1. The third-order valence-electron chi connectivity index (χ3n) is 6.28. The molecule has 0 bridgehead atoms. The number of nitrogens with zero attached hydrogens (tertiary/aromatic N) is 4. The van der Waals surface area contributed by atoms with Crippen molar-refractivity contribution in [3.05, 3.63) is 70.9 Å². The number of amides is 1. The van der Waals surface area contributed by atoms with Gasteiger partial charge < -0.3 is 20.1 Å². The second-order valence-electron chi connectivity index (χ2n) is 9.16. The Kier molecular flexibility index (Phi) is 7.22. The van der Waals surface area contributed by atoms with E-state index in [4.69, 9.17) is 5.73 Å². The lowest BCUT2D eigenvalue weighted by Crippen LogP contribution is -2.42. The first-order valence-electron chi connectivity index (χ1n) is 11.5. The summed E-state index contributed by atoms with van der Waals surface area (Å²) in [6.45, 7) is -0.249. The van der Waals surface area contributed by atoms with Crippen molar-refractivity contribution in [2.24, 2.45) is 5.73 Å². The summed E-state index contributed by atoms with van der Waals surface area (Å²) in [5, 5.41) is 0. The maximum atomic E-state index is 14.0. The van der Waals surface area contributed by atoms with E-state index in [1.165, 1.54) is 4.90 Å². The van der Waals surface area contributed by atoms with Crippen LogP contribution in [0.15, 0.2) is 36.4 Å². The number of carbonyl (C=O) groups excluding carboxylic acids is 1. The molecule has 1 atom stereocenters. The molecule has 1 aromatic heterocycles. The van der Waals surface area contributed by atoms with Crippen LogP contribution in [0.4, 0.5) is 32.0 Å². The average molecular weight is 525 g/mol.